The third-order valence-corrected chi connectivity index (χ3v) is 4.29. The fourth-order valence-electron chi connectivity index (χ4n) is 1.48. The summed E-state index contributed by atoms with van der Waals surface area (Å²) in [5.41, 5.74) is -1.40. The molecule has 0 radical (unpaired) electrons. The molecule has 0 aliphatic carbocycles. The zero-order valence-electron chi connectivity index (χ0n) is 9.36. The molecule has 0 aromatic heterocycles. The number of methoxy groups -OCH3 is 1. The molecule has 0 saturated carbocycles. The molecule has 88 valence electrons. The summed E-state index contributed by atoms with van der Waals surface area (Å²) in [6.07, 6.45) is 1.17. The van der Waals surface area contributed by atoms with Crippen molar-refractivity contribution in [1.29, 1.82) is 0 Å². The molecule has 1 aliphatic heterocycles. The number of hydrogen-bond donors (Lipinski definition) is 1. The number of aliphatic hydroxyl groups is 1. The molecule has 4 nitrogen and oxygen atoms in total. The molecule has 0 spiro atoms. The number of rotatable bonds is 4. The number of esters is 1. The first kappa shape index (κ1) is 12.8. The molecule has 1 fully saturated rings. The molecule has 5 heteroatoms. The molecule has 0 aromatic carbocycles. The van der Waals surface area contributed by atoms with Crippen LogP contribution in [0, 0.1) is 0 Å². The van der Waals surface area contributed by atoms with Gasteiger partial charge in [-0.05, 0) is 20.3 Å². The van der Waals surface area contributed by atoms with Gasteiger partial charge >= 0.3 is 5.97 Å². The highest BCUT2D eigenvalue weighted by Crippen LogP contribution is 2.29. The zero-order chi connectivity index (χ0) is 11.5. The van der Waals surface area contributed by atoms with Gasteiger partial charge in [-0.25, -0.2) is 4.79 Å². The number of carbonyl (C=O) groups is 1. The first-order valence-electron chi connectivity index (χ1n) is 5.01. The van der Waals surface area contributed by atoms with Gasteiger partial charge in [0.25, 0.3) is 0 Å². The average molecular weight is 234 g/mol. The van der Waals surface area contributed by atoms with Gasteiger partial charge in [0, 0.05) is 17.6 Å². The van der Waals surface area contributed by atoms with Crippen molar-refractivity contribution in [2.75, 3.05) is 19.5 Å². The number of ether oxygens (including phenoxy) is 2. The smallest absolute Gasteiger partial charge is 0.338 e. The van der Waals surface area contributed by atoms with E-state index in [4.69, 9.17) is 4.74 Å². The van der Waals surface area contributed by atoms with E-state index in [1.54, 1.807) is 11.8 Å². The topological polar surface area (TPSA) is 55.8 Å². The summed E-state index contributed by atoms with van der Waals surface area (Å²) >= 11 is 1.57. The second kappa shape index (κ2) is 5.18. The van der Waals surface area contributed by atoms with Crippen LogP contribution in [0.3, 0.4) is 0 Å². The lowest BCUT2D eigenvalue weighted by Crippen LogP contribution is -2.39. The van der Waals surface area contributed by atoms with E-state index in [9.17, 15) is 9.90 Å². The van der Waals surface area contributed by atoms with Crippen LogP contribution in [0.15, 0.2) is 0 Å². The Kier molecular flexibility index (Phi) is 4.43. The normalized spacial score (nSPS) is 29.9. The first-order chi connectivity index (χ1) is 6.97. The van der Waals surface area contributed by atoms with Crippen molar-refractivity contribution in [1.82, 2.24) is 0 Å². The maximum absolute atomic E-state index is 11.2. The highest BCUT2D eigenvalue weighted by atomic mass is 32.2. The van der Waals surface area contributed by atoms with E-state index in [1.807, 2.05) is 6.92 Å². The molecule has 1 rings (SSSR count). The fraction of sp³-hybridized carbons (Fsp3) is 0.900. The second-order valence-corrected chi connectivity index (χ2v) is 5.21. The van der Waals surface area contributed by atoms with Crippen molar-refractivity contribution in [3.8, 4) is 0 Å². The minimum atomic E-state index is -1.40. The maximum atomic E-state index is 11.2. The van der Waals surface area contributed by atoms with E-state index in [1.165, 1.54) is 14.0 Å². The molecule has 0 aromatic rings. The van der Waals surface area contributed by atoms with Crippen LogP contribution in [-0.2, 0) is 14.3 Å². The van der Waals surface area contributed by atoms with E-state index in [-0.39, 0.29) is 6.10 Å². The minimum Gasteiger partial charge on any atom is -0.467 e. The Labute approximate surface area is 94.3 Å². The summed E-state index contributed by atoms with van der Waals surface area (Å²) in [6.45, 7) is 4.25. The number of thioether (sulfide) groups is 1. The van der Waals surface area contributed by atoms with Crippen LogP contribution in [0.1, 0.15) is 20.3 Å². The van der Waals surface area contributed by atoms with Gasteiger partial charge in [-0.2, -0.15) is 11.8 Å². The van der Waals surface area contributed by atoms with Crippen molar-refractivity contribution in [2.45, 2.75) is 37.2 Å². The molecule has 1 saturated heterocycles. The van der Waals surface area contributed by atoms with Crippen molar-refractivity contribution < 1.29 is 19.4 Å². The van der Waals surface area contributed by atoms with Gasteiger partial charge in [0.05, 0.1) is 13.2 Å². The quantitative estimate of drug-likeness (QED) is 0.730. The summed E-state index contributed by atoms with van der Waals surface area (Å²) in [5.74, 6) is -0.237. The Morgan fingerprint density at radius 1 is 1.73 bits per heavy atom. The van der Waals surface area contributed by atoms with Gasteiger partial charge in [-0.15, -0.1) is 0 Å². The Morgan fingerprint density at radius 3 is 2.87 bits per heavy atom. The summed E-state index contributed by atoms with van der Waals surface area (Å²) in [5, 5.41) is 10.2. The van der Waals surface area contributed by atoms with E-state index in [0.717, 1.165) is 13.0 Å². The van der Waals surface area contributed by atoms with E-state index in [0.29, 0.717) is 11.0 Å². The zero-order valence-corrected chi connectivity index (χ0v) is 10.2. The van der Waals surface area contributed by atoms with Crippen LogP contribution >= 0.6 is 11.8 Å². The number of carbonyl (C=O) groups excluding carboxylic acids is 1. The Morgan fingerprint density at radius 2 is 2.40 bits per heavy atom. The van der Waals surface area contributed by atoms with Gasteiger partial charge in [0.15, 0.2) is 5.60 Å². The van der Waals surface area contributed by atoms with Crippen LogP contribution in [0.25, 0.3) is 0 Å². The molecule has 0 bridgehead atoms. The molecule has 1 aliphatic rings. The van der Waals surface area contributed by atoms with Crippen LogP contribution in [0.2, 0.25) is 0 Å². The maximum Gasteiger partial charge on any atom is 0.338 e. The van der Waals surface area contributed by atoms with Gasteiger partial charge in [-0.1, -0.05) is 0 Å². The largest absolute Gasteiger partial charge is 0.467 e. The van der Waals surface area contributed by atoms with Crippen molar-refractivity contribution >= 4 is 17.7 Å². The fourth-order valence-corrected chi connectivity index (χ4v) is 2.75. The first-order valence-corrected chi connectivity index (χ1v) is 6.06. The highest BCUT2D eigenvalue weighted by molar-refractivity contribution is 8.00. The van der Waals surface area contributed by atoms with E-state index in [2.05, 4.69) is 4.74 Å². The Bertz CT molecular complexity index is 229. The van der Waals surface area contributed by atoms with Gasteiger partial charge < -0.3 is 14.6 Å². The third-order valence-electron chi connectivity index (χ3n) is 2.51. The lowest BCUT2D eigenvalue weighted by Gasteiger charge is -2.22. The lowest BCUT2D eigenvalue weighted by atomic mass is 10.1. The van der Waals surface area contributed by atoms with Gasteiger partial charge in [-0.3, -0.25) is 0 Å². The average Bonchev–Trinajstić information content (AvgIpc) is 2.60. The van der Waals surface area contributed by atoms with Crippen LogP contribution < -0.4 is 0 Å². The van der Waals surface area contributed by atoms with E-state index >= 15 is 0 Å². The molecular weight excluding hydrogens is 216 g/mol. The molecule has 0 amide bonds. The summed E-state index contributed by atoms with van der Waals surface area (Å²) < 4.78 is 9.92. The molecule has 15 heavy (non-hydrogen) atoms. The monoisotopic (exact) mass is 234 g/mol. The third kappa shape index (κ3) is 3.36. The predicted molar refractivity (Wildman–Crippen MR) is 58.9 cm³/mol. The highest BCUT2D eigenvalue weighted by Gasteiger charge is 2.34. The van der Waals surface area contributed by atoms with Crippen LogP contribution in [-0.4, -0.2) is 47.5 Å². The standard InChI is InChI=1S/C10H18O4S/c1-7-8(4-5-14-7)15-6-10(2,12)9(11)13-3/h7-8,12H,4-6H2,1-3H3. The van der Waals surface area contributed by atoms with Crippen molar-refractivity contribution in [2.24, 2.45) is 0 Å². The molecule has 3 atom stereocenters. The summed E-state index contributed by atoms with van der Waals surface area (Å²) in [6, 6.07) is 0. The second-order valence-electron chi connectivity index (χ2n) is 3.98. The minimum absolute atomic E-state index is 0.198. The molecule has 3 unspecified atom stereocenters. The van der Waals surface area contributed by atoms with Crippen LogP contribution in [0.4, 0.5) is 0 Å². The Balaban J connectivity index is 2.38. The summed E-state index contributed by atoms with van der Waals surface area (Å²) in [4.78, 5) is 11.2. The van der Waals surface area contributed by atoms with Crippen LogP contribution in [0.5, 0.6) is 0 Å². The van der Waals surface area contributed by atoms with Gasteiger partial charge in [0.1, 0.15) is 0 Å². The predicted octanol–water partition coefficient (Wildman–Crippen LogP) is 0.821. The Hall–Kier alpha value is -0.260. The lowest BCUT2D eigenvalue weighted by molar-refractivity contribution is -0.158. The van der Waals surface area contributed by atoms with Crippen molar-refractivity contribution in [3.63, 3.8) is 0 Å². The molecular formula is C10H18O4S. The van der Waals surface area contributed by atoms with E-state index < -0.39 is 11.6 Å². The SMILES string of the molecule is COC(=O)C(C)(O)CSC1CCOC1C. The summed E-state index contributed by atoms with van der Waals surface area (Å²) in [7, 11) is 1.28. The molecule has 1 N–H and O–H groups in total. The van der Waals surface area contributed by atoms with Gasteiger partial charge in [0.2, 0.25) is 0 Å². The number of hydrogen-bond acceptors (Lipinski definition) is 5. The molecule has 1 heterocycles. The van der Waals surface area contributed by atoms with Crippen molar-refractivity contribution in [3.05, 3.63) is 0 Å².